The van der Waals surface area contributed by atoms with Crippen molar-refractivity contribution in [2.24, 2.45) is 0 Å². The molecule has 2 rings (SSSR count). The number of carboxylic acids is 1. The van der Waals surface area contributed by atoms with Crippen LogP contribution in [0.5, 0.6) is 0 Å². The molecule has 1 aromatic carbocycles. The fraction of sp³-hybridized carbons (Fsp3) is 0.429. The second kappa shape index (κ2) is 6.02. The average Bonchev–Trinajstić information content (AvgIpc) is 2.77. The van der Waals surface area contributed by atoms with E-state index in [0.29, 0.717) is 12.5 Å². The first kappa shape index (κ1) is 13.8. The number of nitrogens with zero attached hydrogens (tertiary/aromatic N) is 2. The molecule has 0 spiro atoms. The average molecular weight is 278 g/mol. The minimum atomic E-state index is -0.738. The predicted octanol–water partition coefficient (Wildman–Crippen LogP) is 3.38. The molecule has 1 heterocycles. The molecule has 0 fully saturated rings. The van der Waals surface area contributed by atoms with Gasteiger partial charge >= 0.3 is 5.97 Å². The quantitative estimate of drug-likeness (QED) is 0.880. The zero-order valence-corrected chi connectivity index (χ0v) is 12.0. The van der Waals surface area contributed by atoms with Crippen molar-refractivity contribution >= 4 is 33.4 Å². The molecule has 0 atom stereocenters. The molecule has 0 bridgehead atoms. The maximum Gasteiger partial charge on any atom is 0.303 e. The Labute approximate surface area is 116 Å². The summed E-state index contributed by atoms with van der Waals surface area (Å²) in [7, 11) is 0. The Morgan fingerprint density at radius 1 is 1.42 bits per heavy atom. The van der Waals surface area contributed by atoms with Gasteiger partial charge in [-0.1, -0.05) is 12.1 Å². The third kappa shape index (κ3) is 3.23. The molecule has 2 aromatic rings. The standard InChI is InChI=1S/C14H18N2O2S/c1-10(2)16(9-5-8-13(17)18)14-11-6-3-4-7-12(11)15-19-14/h3-4,6-7,10H,5,8-9H2,1-2H3,(H,17,18). The van der Waals surface area contributed by atoms with Crippen LogP contribution in [0.1, 0.15) is 26.7 Å². The van der Waals surface area contributed by atoms with Crippen molar-refractivity contribution in [3.05, 3.63) is 24.3 Å². The van der Waals surface area contributed by atoms with Gasteiger partial charge in [0.25, 0.3) is 0 Å². The fourth-order valence-electron chi connectivity index (χ4n) is 2.08. The number of aromatic nitrogens is 1. The number of rotatable bonds is 6. The van der Waals surface area contributed by atoms with E-state index in [9.17, 15) is 4.79 Å². The fourth-order valence-corrected chi connectivity index (χ4v) is 3.10. The summed E-state index contributed by atoms with van der Waals surface area (Å²) in [5, 5.41) is 11.0. The van der Waals surface area contributed by atoms with Crippen LogP contribution in [-0.2, 0) is 4.79 Å². The van der Waals surface area contributed by atoms with Gasteiger partial charge < -0.3 is 10.0 Å². The summed E-state index contributed by atoms with van der Waals surface area (Å²) in [5.74, 6) is -0.738. The lowest BCUT2D eigenvalue weighted by atomic mass is 10.2. The van der Waals surface area contributed by atoms with E-state index in [1.54, 1.807) is 0 Å². The highest BCUT2D eigenvalue weighted by Gasteiger charge is 2.16. The van der Waals surface area contributed by atoms with Crippen LogP contribution < -0.4 is 4.90 Å². The number of anilines is 1. The van der Waals surface area contributed by atoms with Crippen LogP contribution >= 0.6 is 11.5 Å². The molecule has 4 nitrogen and oxygen atoms in total. The van der Waals surface area contributed by atoms with Gasteiger partial charge in [0.05, 0.1) is 5.52 Å². The minimum absolute atomic E-state index is 0.208. The van der Waals surface area contributed by atoms with Gasteiger partial charge in [-0.3, -0.25) is 4.79 Å². The molecule has 0 amide bonds. The van der Waals surface area contributed by atoms with Gasteiger partial charge in [-0.2, -0.15) is 4.37 Å². The van der Waals surface area contributed by atoms with Crippen molar-refractivity contribution in [1.82, 2.24) is 4.37 Å². The lowest BCUT2D eigenvalue weighted by Crippen LogP contribution is -2.31. The molecule has 1 N–H and O–H groups in total. The van der Waals surface area contributed by atoms with Crippen LogP contribution in [0, 0.1) is 0 Å². The van der Waals surface area contributed by atoms with E-state index in [4.69, 9.17) is 5.11 Å². The van der Waals surface area contributed by atoms with Crippen LogP contribution in [0.25, 0.3) is 10.9 Å². The molecule has 0 aliphatic heterocycles. The smallest absolute Gasteiger partial charge is 0.303 e. The van der Waals surface area contributed by atoms with Gasteiger partial charge in [-0.15, -0.1) is 0 Å². The van der Waals surface area contributed by atoms with Crippen LogP contribution in [0.2, 0.25) is 0 Å². The van der Waals surface area contributed by atoms with Crippen LogP contribution in [-0.4, -0.2) is 28.0 Å². The Morgan fingerprint density at radius 2 is 2.16 bits per heavy atom. The number of carboxylic acid groups (broad SMARTS) is 1. The Kier molecular flexibility index (Phi) is 4.37. The molecular weight excluding hydrogens is 260 g/mol. The number of hydrogen-bond acceptors (Lipinski definition) is 4. The summed E-state index contributed by atoms with van der Waals surface area (Å²) in [4.78, 5) is 12.9. The van der Waals surface area contributed by atoms with Crippen molar-refractivity contribution in [1.29, 1.82) is 0 Å². The van der Waals surface area contributed by atoms with E-state index in [1.807, 2.05) is 18.2 Å². The van der Waals surface area contributed by atoms with Gasteiger partial charge in [-0.25, -0.2) is 0 Å². The third-order valence-corrected chi connectivity index (χ3v) is 3.95. The first-order valence-electron chi connectivity index (χ1n) is 6.42. The van der Waals surface area contributed by atoms with E-state index in [-0.39, 0.29) is 6.42 Å². The molecule has 19 heavy (non-hydrogen) atoms. The molecule has 0 saturated carbocycles. The van der Waals surface area contributed by atoms with Gasteiger partial charge in [-0.05, 0) is 43.9 Å². The maximum atomic E-state index is 10.6. The van der Waals surface area contributed by atoms with Crippen LogP contribution in [0.3, 0.4) is 0 Å². The number of aliphatic carboxylic acids is 1. The van der Waals surface area contributed by atoms with Gasteiger partial charge in [0.15, 0.2) is 0 Å². The lowest BCUT2D eigenvalue weighted by Gasteiger charge is -2.27. The van der Waals surface area contributed by atoms with E-state index in [2.05, 4.69) is 29.2 Å². The summed E-state index contributed by atoms with van der Waals surface area (Å²) in [6.07, 6.45) is 0.861. The van der Waals surface area contributed by atoms with E-state index < -0.39 is 5.97 Å². The second-order valence-corrected chi connectivity index (χ2v) is 5.54. The van der Waals surface area contributed by atoms with Crippen molar-refractivity contribution in [2.45, 2.75) is 32.7 Å². The summed E-state index contributed by atoms with van der Waals surface area (Å²) in [6.45, 7) is 4.99. The molecule has 5 heteroatoms. The van der Waals surface area contributed by atoms with Gasteiger partial charge in [0, 0.05) is 24.4 Å². The SMILES string of the molecule is CC(C)N(CCCC(=O)O)c1snc2ccccc12. The van der Waals surface area contributed by atoms with Gasteiger partial charge in [0.2, 0.25) is 0 Å². The van der Waals surface area contributed by atoms with E-state index in [1.165, 1.54) is 11.5 Å². The number of benzene rings is 1. The van der Waals surface area contributed by atoms with E-state index in [0.717, 1.165) is 22.4 Å². The number of hydrogen-bond donors (Lipinski definition) is 1. The highest BCUT2D eigenvalue weighted by Crippen LogP contribution is 2.32. The highest BCUT2D eigenvalue weighted by molar-refractivity contribution is 7.11. The largest absolute Gasteiger partial charge is 0.481 e. The Balaban J connectivity index is 2.21. The Hall–Kier alpha value is -1.62. The molecule has 1 aromatic heterocycles. The van der Waals surface area contributed by atoms with Crippen molar-refractivity contribution < 1.29 is 9.90 Å². The molecule has 0 radical (unpaired) electrons. The van der Waals surface area contributed by atoms with Crippen molar-refractivity contribution in [3.63, 3.8) is 0 Å². The third-order valence-electron chi connectivity index (χ3n) is 3.04. The first-order valence-corrected chi connectivity index (χ1v) is 7.20. The monoisotopic (exact) mass is 278 g/mol. The number of fused-ring (bicyclic) bond motifs is 1. The first-order chi connectivity index (χ1) is 9.09. The van der Waals surface area contributed by atoms with Gasteiger partial charge in [0.1, 0.15) is 5.00 Å². The molecule has 0 unspecified atom stereocenters. The van der Waals surface area contributed by atoms with Crippen LogP contribution in [0.15, 0.2) is 24.3 Å². The summed E-state index contributed by atoms with van der Waals surface area (Å²) in [6, 6.07) is 8.40. The summed E-state index contributed by atoms with van der Waals surface area (Å²) < 4.78 is 4.45. The zero-order valence-electron chi connectivity index (χ0n) is 11.2. The molecule has 0 aliphatic rings. The normalized spacial score (nSPS) is 11.1. The Bertz CT molecular complexity index is 565. The number of carbonyl (C=O) groups is 1. The summed E-state index contributed by atoms with van der Waals surface area (Å²) in [5.41, 5.74) is 1.01. The van der Waals surface area contributed by atoms with Crippen molar-refractivity contribution in [3.8, 4) is 0 Å². The maximum absolute atomic E-state index is 10.6. The molecule has 0 saturated heterocycles. The Morgan fingerprint density at radius 3 is 2.84 bits per heavy atom. The lowest BCUT2D eigenvalue weighted by molar-refractivity contribution is -0.137. The highest BCUT2D eigenvalue weighted by atomic mass is 32.1. The zero-order chi connectivity index (χ0) is 13.8. The predicted molar refractivity (Wildman–Crippen MR) is 79.0 cm³/mol. The molecular formula is C14H18N2O2S. The van der Waals surface area contributed by atoms with Crippen molar-refractivity contribution in [2.75, 3.05) is 11.4 Å². The minimum Gasteiger partial charge on any atom is -0.481 e. The molecule has 102 valence electrons. The van der Waals surface area contributed by atoms with Crippen LogP contribution in [0.4, 0.5) is 5.00 Å². The topological polar surface area (TPSA) is 53.4 Å². The second-order valence-electron chi connectivity index (χ2n) is 4.79. The molecule has 0 aliphatic carbocycles. The summed E-state index contributed by atoms with van der Waals surface area (Å²) >= 11 is 1.49. The van der Waals surface area contributed by atoms with E-state index >= 15 is 0 Å².